The van der Waals surface area contributed by atoms with Gasteiger partial charge in [-0.3, -0.25) is 4.79 Å². The van der Waals surface area contributed by atoms with E-state index in [1.54, 1.807) is 0 Å². The zero-order valence-corrected chi connectivity index (χ0v) is 11.6. The molecule has 2 aromatic rings. The molecule has 6 nitrogen and oxygen atoms in total. The van der Waals surface area contributed by atoms with Crippen LogP contribution in [0.1, 0.15) is 42.6 Å². The van der Waals surface area contributed by atoms with E-state index in [0.29, 0.717) is 5.82 Å². The Morgan fingerprint density at radius 3 is 2.75 bits per heavy atom. The van der Waals surface area contributed by atoms with E-state index in [1.807, 2.05) is 38.1 Å². The van der Waals surface area contributed by atoms with Gasteiger partial charge in [-0.15, -0.1) is 10.2 Å². The first-order valence-electron chi connectivity index (χ1n) is 6.74. The lowest BCUT2D eigenvalue weighted by atomic mass is 9.95. The lowest BCUT2D eigenvalue weighted by Gasteiger charge is -2.19. The van der Waals surface area contributed by atoms with Crippen molar-refractivity contribution in [2.24, 2.45) is 0 Å². The molecular formula is C14H17N5O. The average molecular weight is 271 g/mol. The molecule has 1 heterocycles. The number of carbonyl (C=O) groups is 1. The molecule has 0 radical (unpaired) electrons. The van der Waals surface area contributed by atoms with Crippen LogP contribution in [0.4, 0.5) is 0 Å². The van der Waals surface area contributed by atoms with Gasteiger partial charge < -0.3 is 5.32 Å². The summed E-state index contributed by atoms with van der Waals surface area (Å²) in [6.07, 6.45) is 1.72. The Bertz CT molecular complexity index is 618. The number of hydrogen-bond acceptors (Lipinski definition) is 4. The molecule has 0 unspecified atom stereocenters. The molecule has 0 aliphatic heterocycles. The third-order valence-electron chi connectivity index (χ3n) is 3.93. The van der Waals surface area contributed by atoms with Crippen molar-refractivity contribution in [3.63, 3.8) is 0 Å². The summed E-state index contributed by atoms with van der Waals surface area (Å²) in [5.74, 6) is 0.380. The molecule has 20 heavy (non-hydrogen) atoms. The largest absolute Gasteiger partial charge is 0.343 e. The van der Waals surface area contributed by atoms with Crippen molar-refractivity contribution in [2.45, 2.75) is 38.1 Å². The van der Waals surface area contributed by atoms with Crippen molar-refractivity contribution in [1.29, 1.82) is 0 Å². The van der Waals surface area contributed by atoms with E-state index >= 15 is 0 Å². The van der Waals surface area contributed by atoms with Gasteiger partial charge in [-0.1, -0.05) is 29.5 Å². The van der Waals surface area contributed by atoms with E-state index in [0.717, 1.165) is 24.0 Å². The van der Waals surface area contributed by atoms with Crippen LogP contribution in [0, 0.1) is 6.92 Å². The predicted octanol–water partition coefficient (Wildman–Crippen LogP) is 1.42. The number of rotatable bonds is 4. The number of nitrogens with zero attached hydrogens (tertiary/aromatic N) is 3. The van der Waals surface area contributed by atoms with Crippen LogP contribution in [-0.4, -0.2) is 26.5 Å². The molecule has 1 fully saturated rings. The van der Waals surface area contributed by atoms with Gasteiger partial charge in [0.25, 0.3) is 0 Å². The Morgan fingerprint density at radius 1 is 1.40 bits per heavy atom. The van der Waals surface area contributed by atoms with Crippen LogP contribution in [0.3, 0.4) is 0 Å². The molecule has 1 atom stereocenters. The smallest absolute Gasteiger partial charge is 0.228 e. The molecule has 104 valence electrons. The first-order chi connectivity index (χ1) is 9.62. The highest BCUT2D eigenvalue weighted by Crippen LogP contribution is 2.43. The van der Waals surface area contributed by atoms with E-state index < -0.39 is 5.54 Å². The fraction of sp³-hybridized carbons (Fsp3) is 0.429. The van der Waals surface area contributed by atoms with E-state index in [2.05, 4.69) is 25.9 Å². The fourth-order valence-electron chi connectivity index (χ4n) is 2.45. The number of carbonyl (C=O) groups excluding carboxylic acids is 1. The molecule has 1 aliphatic rings. The lowest BCUT2D eigenvalue weighted by molar-refractivity contribution is -0.123. The van der Waals surface area contributed by atoms with Crippen LogP contribution in [-0.2, 0) is 10.3 Å². The fourth-order valence-corrected chi connectivity index (χ4v) is 2.45. The van der Waals surface area contributed by atoms with Crippen LogP contribution >= 0.6 is 0 Å². The second-order valence-electron chi connectivity index (χ2n) is 5.39. The number of benzene rings is 1. The normalized spacial score (nSPS) is 17.5. The van der Waals surface area contributed by atoms with E-state index in [4.69, 9.17) is 0 Å². The first kappa shape index (κ1) is 12.8. The number of tetrazole rings is 1. The summed E-state index contributed by atoms with van der Waals surface area (Å²) in [6.45, 7) is 3.94. The van der Waals surface area contributed by atoms with Crippen LogP contribution in [0.2, 0.25) is 0 Å². The Hall–Kier alpha value is -2.24. The highest BCUT2D eigenvalue weighted by molar-refractivity contribution is 5.84. The summed E-state index contributed by atoms with van der Waals surface area (Å²) in [4.78, 5) is 12.4. The van der Waals surface area contributed by atoms with Crippen molar-refractivity contribution in [3.05, 3.63) is 41.2 Å². The van der Waals surface area contributed by atoms with Gasteiger partial charge in [-0.05, 0) is 37.8 Å². The Morgan fingerprint density at radius 2 is 2.15 bits per heavy atom. The van der Waals surface area contributed by atoms with Gasteiger partial charge >= 0.3 is 0 Å². The average Bonchev–Trinajstić information content (AvgIpc) is 3.02. The third-order valence-corrected chi connectivity index (χ3v) is 3.93. The van der Waals surface area contributed by atoms with Gasteiger partial charge in [0.2, 0.25) is 5.91 Å². The van der Waals surface area contributed by atoms with E-state index in [1.165, 1.54) is 0 Å². The van der Waals surface area contributed by atoms with Gasteiger partial charge in [-0.25, -0.2) is 0 Å². The zero-order chi connectivity index (χ0) is 14.2. The maximum Gasteiger partial charge on any atom is 0.228 e. The number of aromatic amines is 1. The van der Waals surface area contributed by atoms with Crippen molar-refractivity contribution < 1.29 is 4.79 Å². The minimum absolute atomic E-state index is 0.00148. The van der Waals surface area contributed by atoms with Gasteiger partial charge in [0.1, 0.15) is 5.54 Å². The minimum Gasteiger partial charge on any atom is -0.343 e. The van der Waals surface area contributed by atoms with Crippen LogP contribution in [0.5, 0.6) is 0 Å². The van der Waals surface area contributed by atoms with Crippen molar-refractivity contribution in [1.82, 2.24) is 25.9 Å². The Kier molecular flexibility index (Phi) is 3.00. The van der Waals surface area contributed by atoms with Gasteiger partial charge in [0.15, 0.2) is 5.82 Å². The molecule has 1 aliphatic carbocycles. The number of aromatic nitrogens is 4. The first-order valence-corrected chi connectivity index (χ1v) is 6.74. The van der Waals surface area contributed by atoms with Crippen molar-refractivity contribution >= 4 is 5.91 Å². The summed E-state index contributed by atoms with van der Waals surface area (Å²) in [7, 11) is 0. The van der Waals surface area contributed by atoms with Gasteiger partial charge in [0, 0.05) is 0 Å². The topological polar surface area (TPSA) is 83.6 Å². The molecule has 1 aromatic carbocycles. The second kappa shape index (κ2) is 4.70. The lowest BCUT2D eigenvalue weighted by Crippen LogP contribution is -2.38. The predicted molar refractivity (Wildman–Crippen MR) is 72.8 cm³/mol. The van der Waals surface area contributed by atoms with Crippen LogP contribution in [0.25, 0.3) is 0 Å². The van der Waals surface area contributed by atoms with Crippen molar-refractivity contribution in [2.75, 3.05) is 0 Å². The summed E-state index contributed by atoms with van der Waals surface area (Å²) >= 11 is 0. The monoisotopic (exact) mass is 271 g/mol. The highest BCUT2D eigenvalue weighted by Gasteiger charge is 2.50. The molecule has 0 saturated heterocycles. The summed E-state index contributed by atoms with van der Waals surface area (Å²) in [6, 6.07) is 7.95. The molecule has 0 bridgehead atoms. The Labute approximate surface area is 117 Å². The highest BCUT2D eigenvalue weighted by atomic mass is 16.2. The van der Waals surface area contributed by atoms with E-state index in [-0.39, 0.29) is 11.8 Å². The van der Waals surface area contributed by atoms with Crippen molar-refractivity contribution in [3.8, 4) is 0 Å². The zero-order valence-electron chi connectivity index (χ0n) is 11.6. The van der Waals surface area contributed by atoms with Crippen LogP contribution < -0.4 is 5.32 Å². The van der Waals surface area contributed by atoms with Gasteiger partial charge in [0.05, 0.1) is 5.92 Å². The standard InChI is InChI=1S/C14H17N5O/c1-9-5-3-4-6-11(9)10(2)12(20)15-14(7-8-14)13-16-18-19-17-13/h3-6,10H,7-8H2,1-2H3,(H,15,20)(H,16,17,18,19)/t10-/m1/s1. The summed E-state index contributed by atoms with van der Waals surface area (Å²) in [5.41, 5.74) is 1.76. The second-order valence-corrected chi connectivity index (χ2v) is 5.39. The molecular weight excluding hydrogens is 254 g/mol. The number of hydrogen-bond donors (Lipinski definition) is 2. The molecule has 1 aromatic heterocycles. The maximum absolute atomic E-state index is 12.4. The van der Waals surface area contributed by atoms with Crippen LogP contribution in [0.15, 0.2) is 24.3 Å². The molecule has 3 rings (SSSR count). The number of nitrogens with one attached hydrogen (secondary N) is 2. The van der Waals surface area contributed by atoms with E-state index in [9.17, 15) is 4.79 Å². The molecule has 1 amide bonds. The maximum atomic E-state index is 12.4. The Balaban J connectivity index is 1.76. The van der Waals surface area contributed by atoms with Gasteiger partial charge in [-0.2, -0.15) is 5.21 Å². The number of H-pyrrole nitrogens is 1. The minimum atomic E-state index is -0.416. The molecule has 0 spiro atoms. The molecule has 6 heteroatoms. The number of aryl methyl sites for hydroxylation is 1. The summed E-state index contributed by atoms with van der Waals surface area (Å²) < 4.78 is 0. The molecule has 2 N–H and O–H groups in total. The quantitative estimate of drug-likeness (QED) is 0.880. The summed E-state index contributed by atoms with van der Waals surface area (Å²) in [5, 5.41) is 17.1. The SMILES string of the molecule is Cc1ccccc1[C@@H](C)C(=O)NC1(c2nn[nH]n2)CC1. The number of amides is 1. The third kappa shape index (κ3) is 2.17. The molecule has 1 saturated carbocycles.